The highest BCUT2D eigenvalue weighted by Gasteiger charge is 2.26. The van der Waals surface area contributed by atoms with E-state index in [9.17, 15) is 0 Å². The van der Waals surface area contributed by atoms with Crippen molar-refractivity contribution in [2.24, 2.45) is 0 Å². The number of hydrogen-bond donors (Lipinski definition) is 1. The molecule has 0 radical (unpaired) electrons. The lowest BCUT2D eigenvalue weighted by atomic mass is 9.98. The van der Waals surface area contributed by atoms with Crippen molar-refractivity contribution in [1.29, 1.82) is 0 Å². The van der Waals surface area contributed by atoms with Gasteiger partial charge in [-0.25, -0.2) is 4.98 Å². The Balaban J connectivity index is 2.16. The van der Waals surface area contributed by atoms with E-state index in [-0.39, 0.29) is 0 Å². The van der Waals surface area contributed by atoms with E-state index in [1.807, 2.05) is 6.07 Å². The number of H-pyrrole nitrogens is 1. The van der Waals surface area contributed by atoms with E-state index >= 15 is 0 Å². The predicted molar refractivity (Wildman–Crippen MR) is 81.0 cm³/mol. The second-order valence-corrected chi connectivity index (χ2v) is 5.96. The van der Waals surface area contributed by atoms with Gasteiger partial charge < -0.3 is 4.98 Å². The van der Waals surface area contributed by atoms with Gasteiger partial charge in [0.05, 0.1) is 0 Å². The monoisotopic (exact) mass is 270 g/mol. The molecule has 0 atom stereocenters. The molecule has 0 spiro atoms. The summed E-state index contributed by atoms with van der Waals surface area (Å²) >= 11 is 5.30. The van der Waals surface area contributed by atoms with Gasteiger partial charge >= 0.3 is 0 Å². The topological polar surface area (TPSA) is 28.7 Å². The van der Waals surface area contributed by atoms with Crippen LogP contribution in [0, 0.1) is 25.4 Å². The summed E-state index contributed by atoms with van der Waals surface area (Å²) in [4.78, 5) is 7.92. The van der Waals surface area contributed by atoms with Gasteiger partial charge in [-0.2, -0.15) is 0 Å². The van der Waals surface area contributed by atoms with Gasteiger partial charge in [0.2, 0.25) is 0 Å². The van der Waals surface area contributed by atoms with Gasteiger partial charge in [-0.3, -0.25) is 0 Å². The molecule has 2 nitrogen and oxygen atoms in total. The first-order chi connectivity index (χ1) is 9.04. The maximum absolute atomic E-state index is 5.30. The maximum atomic E-state index is 5.30. The largest absolute Gasteiger partial charge is 0.343 e. The summed E-state index contributed by atoms with van der Waals surface area (Å²) in [7, 11) is 0. The Hall–Kier alpha value is -1.48. The summed E-state index contributed by atoms with van der Waals surface area (Å²) in [5.41, 5.74) is 6.25. The van der Waals surface area contributed by atoms with Crippen molar-refractivity contribution >= 4 is 12.2 Å². The van der Waals surface area contributed by atoms with E-state index in [2.05, 4.69) is 42.9 Å². The normalized spacial score (nSPS) is 14.7. The molecule has 1 saturated carbocycles. The van der Waals surface area contributed by atoms with Gasteiger partial charge in [-0.05, 0) is 62.4 Å². The Morgan fingerprint density at radius 3 is 2.42 bits per heavy atom. The summed E-state index contributed by atoms with van der Waals surface area (Å²) in [5.74, 6) is 1.65. The van der Waals surface area contributed by atoms with E-state index in [0.29, 0.717) is 10.6 Å². The zero-order valence-corrected chi connectivity index (χ0v) is 12.4. The summed E-state index contributed by atoms with van der Waals surface area (Å²) in [6.45, 7) is 6.45. The minimum atomic E-state index is 0.591. The average Bonchev–Trinajstić information content (AvgIpc) is 3.17. The van der Waals surface area contributed by atoms with Crippen LogP contribution in [0.1, 0.15) is 41.3 Å². The standard InChI is InChI=1S/C16H18N2S/c1-9-6-11(3)13(7-10(9)2)14-8-15(19)18-16(17-14)12-4-5-12/h6-8,12H,4-5H2,1-3H3,(H,17,18,19). The molecule has 1 aromatic carbocycles. The molecule has 1 fully saturated rings. The van der Waals surface area contributed by atoms with Crippen LogP contribution < -0.4 is 0 Å². The molecule has 1 aliphatic carbocycles. The molecule has 1 N–H and O–H groups in total. The molecule has 2 aromatic rings. The number of nitrogens with one attached hydrogen (secondary N) is 1. The number of benzene rings is 1. The number of rotatable bonds is 2. The summed E-state index contributed by atoms with van der Waals surface area (Å²) in [6.07, 6.45) is 2.46. The molecule has 1 heterocycles. The van der Waals surface area contributed by atoms with Crippen LogP contribution in [0.2, 0.25) is 0 Å². The smallest absolute Gasteiger partial charge is 0.130 e. The molecule has 1 aliphatic rings. The van der Waals surface area contributed by atoms with Gasteiger partial charge in [-0.15, -0.1) is 0 Å². The Morgan fingerprint density at radius 1 is 1.05 bits per heavy atom. The number of nitrogens with zero attached hydrogens (tertiary/aromatic N) is 1. The second kappa shape index (κ2) is 4.57. The Labute approximate surface area is 118 Å². The van der Waals surface area contributed by atoms with E-state index in [0.717, 1.165) is 11.5 Å². The fourth-order valence-corrected chi connectivity index (χ4v) is 2.64. The molecule has 19 heavy (non-hydrogen) atoms. The summed E-state index contributed by atoms with van der Waals surface area (Å²) in [6, 6.07) is 6.44. The van der Waals surface area contributed by atoms with Crippen LogP contribution in [0.15, 0.2) is 18.2 Å². The number of hydrogen-bond acceptors (Lipinski definition) is 2. The first-order valence-electron chi connectivity index (χ1n) is 6.74. The third-order valence-electron chi connectivity index (χ3n) is 3.86. The zero-order chi connectivity index (χ0) is 13.6. The van der Waals surface area contributed by atoms with E-state index in [1.165, 1.54) is 35.1 Å². The zero-order valence-electron chi connectivity index (χ0n) is 11.6. The van der Waals surface area contributed by atoms with Crippen LogP contribution in [0.5, 0.6) is 0 Å². The lowest BCUT2D eigenvalue weighted by Gasteiger charge is -2.11. The predicted octanol–water partition coefficient (Wildman–Crippen LogP) is 4.61. The molecular weight excluding hydrogens is 252 g/mol. The highest BCUT2D eigenvalue weighted by Crippen LogP contribution is 2.38. The van der Waals surface area contributed by atoms with Crippen molar-refractivity contribution in [1.82, 2.24) is 9.97 Å². The van der Waals surface area contributed by atoms with E-state index in [1.54, 1.807) is 0 Å². The van der Waals surface area contributed by atoms with Crippen molar-refractivity contribution in [3.8, 4) is 11.3 Å². The highest BCUT2D eigenvalue weighted by molar-refractivity contribution is 7.71. The average molecular weight is 270 g/mol. The fourth-order valence-electron chi connectivity index (χ4n) is 2.42. The molecule has 0 bridgehead atoms. The Morgan fingerprint density at radius 2 is 1.74 bits per heavy atom. The number of aromatic amines is 1. The highest BCUT2D eigenvalue weighted by atomic mass is 32.1. The second-order valence-electron chi connectivity index (χ2n) is 5.54. The van der Waals surface area contributed by atoms with Gasteiger partial charge in [0, 0.05) is 17.2 Å². The van der Waals surface area contributed by atoms with Crippen molar-refractivity contribution in [3.05, 3.63) is 45.4 Å². The van der Waals surface area contributed by atoms with Gasteiger partial charge in [-0.1, -0.05) is 18.3 Å². The van der Waals surface area contributed by atoms with Crippen molar-refractivity contribution < 1.29 is 0 Å². The summed E-state index contributed by atoms with van der Waals surface area (Å²) < 4.78 is 0.688. The van der Waals surface area contributed by atoms with Crippen LogP contribution in [-0.2, 0) is 0 Å². The summed E-state index contributed by atoms with van der Waals surface area (Å²) in [5, 5.41) is 0. The minimum absolute atomic E-state index is 0.591. The maximum Gasteiger partial charge on any atom is 0.130 e. The fraction of sp³-hybridized carbons (Fsp3) is 0.375. The number of aromatic nitrogens is 2. The molecule has 3 heteroatoms. The van der Waals surface area contributed by atoms with Gasteiger partial charge in [0.15, 0.2) is 0 Å². The van der Waals surface area contributed by atoms with Crippen LogP contribution in [0.25, 0.3) is 11.3 Å². The van der Waals surface area contributed by atoms with E-state index in [4.69, 9.17) is 12.2 Å². The minimum Gasteiger partial charge on any atom is -0.343 e. The van der Waals surface area contributed by atoms with Crippen LogP contribution in [-0.4, -0.2) is 9.97 Å². The Kier molecular flexibility index (Phi) is 3.02. The first kappa shape index (κ1) is 12.5. The van der Waals surface area contributed by atoms with Crippen LogP contribution in [0.3, 0.4) is 0 Å². The molecule has 0 saturated heterocycles. The van der Waals surface area contributed by atoms with Crippen molar-refractivity contribution in [2.45, 2.75) is 39.5 Å². The lowest BCUT2D eigenvalue weighted by molar-refractivity contribution is 0.923. The lowest BCUT2D eigenvalue weighted by Crippen LogP contribution is -1.97. The van der Waals surface area contributed by atoms with Gasteiger partial charge in [0.1, 0.15) is 10.5 Å². The quantitative estimate of drug-likeness (QED) is 0.807. The molecule has 0 aliphatic heterocycles. The molecule has 0 unspecified atom stereocenters. The third-order valence-corrected chi connectivity index (χ3v) is 4.07. The Bertz CT molecular complexity index is 696. The first-order valence-corrected chi connectivity index (χ1v) is 7.15. The van der Waals surface area contributed by atoms with Crippen LogP contribution >= 0.6 is 12.2 Å². The molecule has 1 aromatic heterocycles. The molecule has 0 amide bonds. The van der Waals surface area contributed by atoms with E-state index < -0.39 is 0 Å². The van der Waals surface area contributed by atoms with Crippen molar-refractivity contribution in [3.63, 3.8) is 0 Å². The SMILES string of the molecule is Cc1cc(C)c(-c2cc(=S)nc(C3CC3)[nH]2)cc1C. The molecule has 3 rings (SSSR count). The number of aryl methyl sites for hydroxylation is 3. The third kappa shape index (κ3) is 2.47. The molecular formula is C16H18N2S. The molecule has 98 valence electrons. The van der Waals surface area contributed by atoms with Gasteiger partial charge in [0.25, 0.3) is 0 Å². The van der Waals surface area contributed by atoms with Crippen LogP contribution in [0.4, 0.5) is 0 Å². The van der Waals surface area contributed by atoms with Crippen molar-refractivity contribution in [2.75, 3.05) is 0 Å².